The normalized spacial score (nSPS) is 20.6. The fraction of sp³-hybridized carbons (Fsp3) is 0.458. The van der Waals surface area contributed by atoms with Gasteiger partial charge in [-0.2, -0.15) is 0 Å². The molecule has 0 bridgehead atoms. The zero-order valence-corrected chi connectivity index (χ0v) is 18.0. The number of nitrogens with one attached hydrogen (secondary N) is 1. The molecular weight excluding hydrogens is 385 g/mol. The minimum absolute atomic E-state index is 0.0244. The summed E-state index contributed by atoms with van der Waals surface area (Å²) >= 11 is 0. The van der Waals surface area contributed by atoms with E-state index in [1.165, 1.54) is 19.1 Å². The van der Waals surface area contributed by atoms with Gasteiger partial charge in [-0.3, -0.25) is 4.79 Å². The monoisotopic (exact) mass is 415 g/mol. The van der Waals surface area contributed by atoms with E-state index in [0.29, 0.717) is 18.7 Å². The Bertz CT molecular complexity index is 883. The van der Waals surface area contributed by atoms with E-state index in [4.69, 9.17) is 14.2 Å². The van der Waals surface area contributed by atoms with Crippen LogP contribution < -0.4 is 10.1 Å². The second-order valence-electron chi connectivity index (χ2n) is 8.13. The molecule has 1 N–H and O–H groups in total. The SMILES string of the molecule is COC1CCC(Oc2ccc(CCNC(C)=O)c(-c3cccc(F)c3)c2)OC1(C)C. The van der Waals surface area contributed by atoms with Gasteiger partial charge in [-0.15, -0.1) is 0 Å². The molecule has 1 fully saturated rings. The van der Waals surface area contributed by atoms with Gasteiger partial charge in [0, 0.05) is 27.0 Å². The van der Waals surface area contributed by atoms with Crippen molar-refractivity contribution in [1.29, 1.82) is 0 Å². The molecule has 1 amide bonds. The van der Waals surface area contributed by atoms with Crippen molar-refractivity contribution in [3.63, 3.8) is 0 Å². The summed E-state index contributed by atoms with van der Waals surface area (Å²) in [5, 5.41) is 2.81. The summed E-state index contributed by atoms with van der Waals surface area (Å²) in [4.78, 5) is 11.2. The quantitative estimate of drug-likeness (QED) is 0.724. The highest BCUT2D eigenvalue weighted by molar-refractivity contribution is 5.73. The van der Waals surface area contributed by atoms with Crippen LogP contribution in [-0.2, 0) is 20.7 Å². The number of hydrogen-bond acceptors (Lipinski definition) is 4. The molecule has 2 aromatic carbocycles. The van der Waals surface area contributed by atoms with Crippen LogP contribution in [-0.4, -0.2) is 37.6 Å². The van der Waals surface area contributed by atoms with Crippen molar-refractivity contribution < 1.29 is 23.4 Å². The smallest absolute Gasteiger partial charge is 0.216 e. The number of methoxy groups -OCH3 is 1. The number of carbonyl (C=O) groups excluding carboxylic acids is 1. The number of rotatable bonds is 7. The van der Waals surface area contributed by atoms with E-state index in [1.54, 1.807) is 13.2 Å². The van der Waals surface area contributed by atoms with E-state index in [9.17, 15) is 9.18 Å². The number of ether oxygens (including phenoxy) is 3. The average Bonchev–Trinajstić information content (AvgIpc) is 2.68. The van der Waals surface area contributed by atoms with Crippen molar-refractivity contribution >= 4 is 5.91 Å². The number of hydrogen-bond donors (Lipinski definition) is 1. The molecule has 2 atom stereocenters. The van der Waals surface area contributed by atoms with Crippen LogP contribution in [0.3, 0.4) is 0 Å². The number of carbonyl (C=O) groups is 1. The topological polar surface area (TPSA) is 56.8 Å². The predicted molar refractivity (Wildman–Crippen MR) is 114 cm³/mol. The first-order valence-corrected chi connectivity index (χ1v) is 10.3. The highest BCUT2D eigenvalue weighted by Gasteiger charge is 2.38. The van der Waals surface area contributed by atoms with Crippen LogP contribution in [0.2, 0.25) is 0 Å². The average molecular weight is 416 g/mol. The van der Waals surface area contributed by atoms with Crippen molar-refractivity contribution in [1.82, 2.24) is 5.32 Å². The van der Waals surface area contributed by atoms with Gasteiger partial charge in [-0.05, 0) is 67.6 Å². The Morgan fingerprint density at radius 1 is 1.23 bits per heavy atom. The molecule has 2 unspecified atom stereocenters. The molecule has 0 aromatic heterocycles. The van der Waals surface area contributed by atoms with Crippen LogP contribution in [0.15, 0.2) is 42.5 Å². The Hall–Kier alpha value is -2.44. The third kappa shape index (κ3) is 5.58. The van der Waals surface area contributed by atoms with Crippen LogP contribution in [0, 0.1) is 5.82 Å². The molecular formula is C24H30FNO4. The summed E-state index contributed by atoms with van der Waals surface area (Å²) in [6.07, 6.45) is 1.85. The minimum Gasteiger partial charge on any atom is -0.465 e. The Labute approximate surface area is 177 Å². The van der Waals surface area contributed by atoms with Crippen LogP contribution in [0.4, 0.5) is 4.39 Å². The molecule has 3 rings (SSSR count). The zero-order valence-electron chi connectivity index (χ0n) is 18.0. The van der Waals surface area contributed by atoms with Gasteiger partial charge in [0.05, 0.1) is 11.7 Å². The molecule has 0 saturated carbocycles. The van der Waals surface area contributed by atoms with E-state index < -0.39 is 5.60 Å². The lowest BCUT2D eigenvalue weighted by Crippen LogP contribution is -2.49. The summed E-state index contributed by atoms with van der Waals surface area (Å²) < 4.78 is 31.6. The molecule has 162 valence electrons. The summed E-state index contributed by atoms with van der Waals surface area (Å²) in [6, 6.07) is 12.3. The minimum atomic E-state index is -0.443. The zero-order chi connectivity index (χ0) is 21.7. The maximum Gasteiger partial charge on any atom is 0.216 e. The van der Waals surface area contributed by atoms with Gasteiger partial charge in [0.25, 0.3) is 0 Å². The van der Waals surface area contributed by atoms with Crippen molar-refractivity contribution in [2.45, 2.75) is 58.0 Å². The van der Waals surface area contributed by atoms with Gasteiger partial charge in [-0.1, -0.05) is 18.2 Å². The Kier molecular flexibility index (Phi) is 7.10. The highest BCUT2D eigenvalue weighted by atomic mass is 19.1. The van der Waals surface area contributed by atoms with Gasteiger partial charge in [0.2, 0.25) is 12.2 Å². The highest BCUT2D eigenvalue weighted by Crippen LogP contribution is 2.34. The van der Waals surface area contributed by atoms with E-state index in [0.717, 1.165) is 29.5 Å². The van der Waals surface area contributed by atoms with Crippen LogP contribution in [0.25, 0.3) is 11.1 Å². The molecule has 0 aliphatic carbocycles. The van der Waals surface area contributed by atoms with Gasteiger partial charge >= 0.3 is 0 Å². The Morgan fingerprint density at radius 3 is 2.70 bits per heavy atom. The van der Waals surface area contributed by atoms with Crippen LogP contribution in [0.5, 0.6) is 5.75 Å². The van der Waals surface area contributed by atoms with Crippen LogP contribution in [0.1, 0.15) is 39.2 Å². The van der Waals surface area contributed by atoms with E-state index >= 15 is 0 Å². The first-order valence-electron chi connectivity index (χ1n) is 10.3. The van der Waals surface area contributed by atoms with Crippen LogP contribution >= 0.6 is 0 Å². The molecule has 1 heterocycles. The lowest BCUT2D eigenvalue weighted by Gasteiger charge is -2.41. The first kappa shape index (κ1) is 22.2. The predicted octanol–water partition coefficient (Wildman–Crippen LogP) is 4.48. The maximum absolute atomic E-state index is 13.9. The third-order valence-corrected chi connectivity index (χ3v) is 5.41. The molecule has 5 nitrogen and oxygen atoms in total. The Balaban J connectivity index is 1.82. The number of halogens is 1. The molecule has 1 aliphatic rings. The summed E-state index contributed by atoms with van der Waals surface area (Å²) in [5.74, 6) is 0.289. The Morgan fingerprint density at radius 2 is 2.03 bits per heavy atom. The third-order valence-electron chi connectivity index (χ3n) is 5.41. The van der Waals surface area contributed by atoms with Gasteiger partial charge < -0.3 is 19.5 Å². The van der Waals surface area contributed by atoms with Crippen molar-refractivity contribution in [3.8, 4) is 16.9 Å². The van der Waals surface area contributed by atoms with E-state index in [1.807, 2.05) is 38.1 Å². The van der Waals surface area contributed by atoms with Crippen molar-refractivity contribution in [3.05, 3.63) is 53.8 Å². The van der Waals surface area contributed by atoms with E-state index in [-0.39, 0.29) is 24.1 Å². The van der Waals surface area contributed by atoms with Crippen molar-refractivity contribution in [2.24, 2.45) is 0 Å². The fourth-order valence-corrected chi connectivity index (χ4v) is 3.89. The summed E-state index contributed by atoms with van der Waals surface area (Å²) in [7, 11) is 1.70. The number of benzene rings is 2. The van der Waals surface area contributed by atoms with Gasteiger partial charge in [-0.25, -0.2) is 4.39 Å². The maximum atomic E-state index is 13.9. The standard InChI is InChI=1S/C24H30FNO4/c1-16(27)26-13-12-17-8-9-20(15-21(17)18-6-5-7-19(25)14-18)29-23-11-10-22(28-4)24(2,3)30-23/h5-9,14-15,22-23H,10-13H2,1-4H3,(H,26,27). The molecule has 1 saturated heterocycles. The lowest BCUT2D eigenvalue weighted by atomic mass is 9.94. The first-order chi connectivity index (χ1) is 14.3. The van der Waals surface area contributed by atoms with Gasteiger partial charge in [0.1, 0.15) is 11.6 Å². The molecule has 6 heteroatoms. The molecule has 2 aromatic rings. The molecule has 1 aliphatic heterocycles. The molecule has 0 spiro atoms. The second-order valence-corrected chi connectivity index (χ2v) is 8.13. The molecule has 0 radical (unpaired) electrons. The number of amides is 1. The lowest BCUT2D eigenvalue weighted by molar-refractivity contribution is -0.233. The fourth-order valence-electron chi connectivity index (χ4n) is 3.89. The van der Waals surface area contributed by atoms with E-state index in [2.05, 4.69) is 5.32 Å². The summed E-state index contributed by atoms with van der Waals surface area (Å²) in [5.41, 5.74) is 2.21. The summed E-state index contributed by atoms with van der Waals surface area (Å²) in [6.45, 7) is 6.00. The second kappa shape index (κ2) is 9.58. The largest absolute Gasteiger partial charge is 0.465 e. The van der Waals surface area contributed by atoms with Gasteiger partial charge in [0.15, 0.2) is 0 Å². The van der Waals surface area contributed by atoms with Crippen molar-refractivity contribution in [2.75, 3.05) is 13.7 Å². The molecule has 30 heavy (non-hydrogen) atoms.